The zero-order valence-electron chi connectivity index (χ0n) is 9.34. The SMILES string of the molecule is CC(C)(C(=O)O)S(=O)(=O)CC(=O)c1cccs1. The summed E-state index contributed by atoms with van der Waals surface area (Å²) in [6.45, 7) is 2.15. The molecule has 0 aromatic carbocycles. The Morgan fingerprint density at radius 1 is 1.41 bits per heavy atom. The minimum absolute atomic E-state index is 0.315. The highest BCUT2D eigenvalue weighted by Crippen LogP contribution is 2.20. The number of thiophene rings is 1. The van der Waals surface area contributed by atoms with Crippen LogP contribution in [0.3, 0.4) is 0 Å². The molecule has 0 saturated heterocycles. The van der Waals surface area contributed by atoms with Crippen molar-refractivity contribution in [1.82, 2.24) is 0 Å². The molecule has 0 amide bonds. The number of hydrogen-bond donors (Lipinski definition) is 1. The van der Waals surface area contributed by atoms with E-state index in [1.807, 2.05) is 0 Å². The van der Waals surface area contributed by atoms with E-state index in [9.17, 15) is 18.0 Å². The van der Waals surface area contributed by atoms with Crippen LogP contribution >= 0.6 is 11.3 Å². The molecular weight excluding hydrogens is 264 g/mol. The van der Waals surface area contributed by atoms with Gasteiger partial charge in [-0.2, -0.15) is 0 Å². The van der Waals surface area contributed by atoms with Crippen molar-refractivity contribution in [3.63, 3.8) is 0 Å². The van der Waals surface area contributed by atoms with Crippen molar-refractivity contribution in [2.24, 2.45) is 0 Å². The lowest BCUT2D eigenvalue weighted by Gasteiger charge is -2.18. The van der Waals surface area contributed by atoms with Crippen LogP contribution in [0.2, 0.25) is 0 Å². The summed E-state index contributed by atoms with van der Waals surface area (Å²) < 4.78 is 21.6. The molecule has 0 spiro atoms. The Hall–Kier alpha value is -1.21. The van der Waals surface area contributed by atoms with Gasteiger partial charge in [0.05, 0.1) is 4.88 Å². The van der Waals surface area contributed by atoms with Crippen molar-refractivity contribution >= 4 is 32.9 Å². The molecule has 0 aliphatic heterocycles. The van der Waals surface area contributed by atoms with Gasteiger partial charge in [0.15, 0.2) is 20.4 Å². The number of carbonyl (C=O) groups is 2. The lowest BCUT2D eigenvalue weighted by Crippen LogP contribution is -2.43. The van der Waals surface area contributed by atoms with Crippen LogP contribution in [-0.2, 0) is 14.6 Å². The third-order valence-corrected chi connectivity index (χ3v) is 5.69. The molecule has 0 unspecified atom stereocenters. The van der Waals surface area contributed by atoms with E-state index in [0.717, 1.165) is 25.2 Å². The summed E-state index contributed by atoms with van der Waals surface area (Å²) in [7, 11) is -4.03. The van der Waals surface area contributed by atoms with Crippen LogP contribution in [0.25, 0.3) is 0 Å². The number of ketones is 1. The minimum Gasteiger partial charge on any atom is -0.480 e. The predicted octanol–water partition coefficient (Wildman–Crippen LogP) is 1.21. The maximum Gasteiger partial charge on any atom is 0.324 e. The molecule has 1 heterocycles. The van der Waals surface area contributed by atoms with Crippen molar-refractivity contribution < 1.29 is 23.1 Å². The molecule has 0 fully saturated rings. The second-order valence-electron chi connectivity index (χ2n) is 3.98. The number of carboxylic acids is 1. The van der Waals surface area contributed by atoms with Gasteiger partial charge < -0.3 is 5.11 Å². The van der Waals surface area contributed by atoms with Crippen molar-refractivity contribution in [3.8, 4) is 0 Å². The second kappa shape index (κ2) is 4.58. The molecule has 17 heavy (non-hydrogen) atoms. The molecule has 1 rings (SSSR count). The molecule has 0 aliphatic carbocycles. The highest BCUT2D eigenvalue weighted by atomic mass is 32.2. The molecule has 5 nitrogen and oxygen atoms in total. The van der Waals surface area contributed by atoms with Crippen LogP contribution in [0, 0.1) is 0 Å². The normalized spacial score (nSPS) is 12.4. The van der Waals surface area contributed by atoms with Gasteiger partial charge in [0, 0.05) is 0 Å². The maximum atomic E-state index is 11.8. The first kappa shape index (κ1) is 13.9. The molecule has 94 valence electrons. The lowest BCUT2D eigenvalue weighted by atomic mass is 10.2. The quantitative estimate of drug-likeness (QED) is 0.816. The molecule has 0 radical (unpaired) electrons. The van der Waals surface area contributed by atoms with Crippen molar-refractivity contribution in [2.45, 2.75) is 18.6 Å². The molecule has 0 aliphatic rings. The Kier molecular flexibility index (Phi) is 3.73. The number of Topliss-reactive ketones (excluding diaryl/α,β-unsaturated/α-hetero) is 1. The molecule has 0 bridgehead atoms. The van der Waals surface area contributed by atoms with Crippen LogP contribution in [0.5, 0.6) is 0 Å². The van der Waals surface area contributed by atoms with Gasteiger partial charge in [-0.15, -0.1) is 11.3 Å². The molecule has 7 heteroatoms. The molecule has 1 aromatic rings. The molecule has 1 N–H and O–H groups in total. The number of carboxylic acid groups (broad SMARTS) is 1. The Morgan fingerprint density at radius 3 is 2.41 bits per heavy atom. The van der Waals surface area contributed by atoms with E-state index in [-0.39, 0.29) is 0 Å². The van der Waals surface area contributed by atoms with Gasteiger partial charge in [-0.05, 0) is 25.3 Å². The number of hydrogen-bond acceptors (Lipinski definition) is 5. The Morgan fingerprint density at radius 2 is 2.00 bits per heavy atom. The molecule has 0 atom stereocenters. The third kappa shape index (κ3) is 2.73. The first-order valence-corrected chi connectivity index (χ1v) is 7.24. The number of carbonyl (C=O) groups excluding carboxylic acids is 1. The van der Waals surface area contributed by atoms with Gasteiger partial charge >= 0.3 is 5.97 Å². The largest absolute Gasteiger partial charge is 0.480 e. The van der Waals surface area contributed by atoms with Crippen LogP contribution in [-0.4, -0.2) is 35.8 Å². The molecular formula is C10H12O5S2. The average molecular weight is 276 g/mol. The summed E-state index contributed by atoms with van der Waals surface area (Å²) in [6, 6.07) is 3.14. The maximum absolute atomic E-state index is 11.8. The predicted molar refractivity (Wildman–Crippen MR) is 64.2 cm³/mol. The zero-order valence-corrected chi connectivity index (χ0v) is 11.0. The molecule has 1 aromatic heterocycles. The van der Waals surface area contributed by atoms with Crippen LogP contribution in [0.1, 0.15) is 23.5 Å². The fourth-order valence-electron chi connectivity index (χ4n) is 0.994. The fraction of sp³-hybridized carbons (Fsp3) is 0.400. The third-order valence-electron chi connectivity index (χ3n) is 2.41. The van der Waals surface area contributed by atoms with E-state index < -0.39 is 32.1 Å². The fourth-order valence-corrected chi connectivity index (χ4v) is 2.88. The van der Waals surface area contributed by atoms with Gasteiger partial charge in [-0.3, -0.25) is 9.59 Å². The Labute approximate surface area is 103 Å². The van der Waals surface area contributed by atoms with E-state index in [1.54, 1.807) is 11.4 Å². The van der Waals surface area contributed by atoms with Crippen LogP contribution < -0.4 is 0 Å². The van der Waals surface area contributed by atoms with Crippen molar-refractivity contribution in [3.05, 3.63) is 22.4 Å². The van der Waals surface area contributed by atoms with E-state index >= 15 is 0 Å². The summed E-state index contributed by atoms with van der Waals surface area (Å²) in [5.74, 6) is -2.82. The van der Waals surface area contributed by atoms with Crippen molar-refractivity contribution in [1.29, 1.82) is 0 Å². The van der Waals surface area contributed by atoms with E-state index in [1.165, 1.54) is 6.07 Å². The summed E-state index contributed by atoms with van der Waals surface area (Å²) in [5, 5.41) is 10.5. The zero-order chi connectivity index (χ0) is 13.3. The van der Waals surface area contributed by atoms with E-state index in [4.69, 9.17) is 5.11 Å². The van der Waals surface area contributed by atoms with Gasteiger partial charge in [-0.25, -0.2) is 8.42 Å². The first-order chi connectivity index (χ1) is 7.68. The van der Waals surface area contributed by atoms with Gasteiger partial charge in [0.1, 0.15) is 5.75 Å². The number of rotatable bonds is 5. The summed E-state index contributed by atoms with van der Waals surface area (Å²) >= 11 is 1.13. The second-order valence-corrected chi connectivity index (χ2v) is 7.46. The van der Waals surface area contributed by atoms with E-state index in [0.29, 0.717) is 4.88 Å². The number of sulfone groups is 1. The summed E-state index contributed by atoms with van der Waals surface area (Å²) in [5.41, 5.74) is 0. The van der Waals surface area contributed by atoms with Crippen LogP contribution in [0.4, 0.5) is 0 Å². The summed E-state index contributed by atoms with van der Waals surface area (Å²) in [4.78, 5) is 22.8. The van der Waals surface area contributed by atoms with Crippen LogP contribution in [0.15, 0.2) is 17.5 Å². The Balaban J connectivity index is 2.96. The van der Waals surface area contributed by atoms with Gasteiger partial charge in [0.2, 0.25) is 0 Å². The minimum atomic E-state index is -4.03. The van der Waals surface area contributed by atoms with Gasteiger partial charge in [0.25, 0.3) is 0 Å². The Bertz CT molecular complexity index is 525. The first-order valence-electron chi connectivity index (χ1n) is 4.71. The summed E-state index contributed by atoms with van der Waals surface area (Å²) in [6.07, 6.45) is 0. The topological polar surface area (TPSA) is 88.5 Å². The monoisotopic (exact) mass is 276 g/mol. The highest BCUT2D eigenvalue weighted by Gasteiger charge is 2.43. The highest BCUT2D eigenvalue weighted by molar-refractivity contribution is 7.94. The average Bonchev–Trinajstić information content (AvgIpc) is 2.68. The smallest absolute Gasteiger partial charge is 0.324 e. The van der Waals surface area contributed by atoms with E-state index in [2.05, 4.69) is 0 Å². The molecule has 0 saturated carbocycles. The van der Waals surface area contributed by atoms with Crippen molar-refractivity contribution in [2.75, 3.05) is 5.75 Å². The number of aliphatic carboxylic acids is 1. The van der Waals surface area contributed by atoms with Gasteiger partial charge in [-0.1, -0.05) is 6.07 Å². The lowest BCUT2D eigenvalue weighted by molar-refractivity contribution is -0.139. The standard InChI is InChI=1S/C10H12O5S2/c1-10(2,9(12)13)17(14,15)6-7(11)8-4-3-5-16-8/h3-5H,6H2,1-2H3,(H,12,13).